The molecule has 0 saturated heterocycles. The maximum Gasteiger partial charge on any atom is 0.160 e. The van der Waals surface area contributed by atoms with Crippen LogP contribution in [0.5, 0.6) is 11.5 Å². The molecule has 4 rings (SSSR count). The van der Waals surface area contributed by atoms with Crippen molar-refractivity contribution in [3.05, 3.63) is 102 Å². The molecule has 4 aromatic rings. The van der Waals surface area contributed by atoms with E-state index in [0.29, 0.717) is 25.6 Å². The molecule has 1 atom stereocenters. The minimum Gasteiger partial charge on any atom is -0.493 e. The molecule has 0 amide bonds. The van der Waals surface area contributed by atoms with E-state index in [4.69, 9.17) is 14.2 Å². The van der Waals surface area contributed by atoms with Crippen molar-refractivity contribution >= 4 is 22.7 Å². The number of unbranched alkanes of at least 4 members (excludes halogenated alkanes) is 1. The molecule has 7 nitrogen and oxygen atoms in total. The fourth-order valence-corrected chi connectivity index (χ4v) is 6.06. The summed E-state index contributed by atoms with van der Waals surface area (Å²) in [6.45, 7) is 11.2. The molecule has 0 unspecified atom stereocenters. The lowest BCUT2D eigenvalue weighted by atomic mass is 10.0. The lowest BCUT2D eigenvalue weighted by molar-refractivity contribution is -0.113. The van der Waals surface area contributed by atoms with Crippen molar-refractivity contribution in [3.8, 4) is 22.6 Å². The van der Waals surface area contributed by atoms with Gasteiger partial charge in [-0.1, -0.05) is 43.7 Å². The highest BCUT2D eigenvalue weighted by atomic mass is 32.2. The molecule has 0 spiro atoms. The van der Waals surface area contributed by atoms with Crippen LogP contribution in [0.4, 0.5) is 0 Å². The van der Waals surface area contributed by atoms with Crippen LogP contribution < -0.4 is 9.47 Å². The van der Waals surface area contributed by atoms with Crippen molar-refractivity contribution in [3.63, 3.8) is 0 Å². The summed E-state index contributed by atoms with van der Waals surface area (Å²) in [6.07, 6.45) is 7.64. The summed E-state index contributed by atoms with van der Waals surface area (Å²) in [5.74, 6) is 1.90. The van der Waals surface area contributed by atoms with Gasteiger partial charge in [0.2, 0.25) is 0 Å². The van der Waals surface area contributed by atoms with E-state index < -0.39 is 10.8 Å². The van der Waals surface area contributed by atoms with Crippen molar-refractivity contribution in [1.29, 1.82) is 0 Å². The number of aromatic nitrogens is 2. The van der Waals surface area contributed by atoms with E-state index in [1.807, 2.05) is 98.1 Å². The van der Waals surface area contributed by atoms with Crippen LogP contribution in [-0.4, -0.2) is 46.0 Å². The number of hydrogen-bond donors (Lipinski definition) is 0. The number of carbonyl (C=O) groups excluding carboxylic acids is 1. The fraction of sp³-hybridized carbons (Fsp3) is 0.351. The molecule has 238 valence electrons. The maximum absolute atomic E-state index is 13.0. The molecule has 0 fully saturated rings. The van der Waals surface area contributed by atoms with Gasteiger partial charge in [0.05, 0.1) is 47.5 Å². The third-order valence-electron chi connectivity index (χ3n) is 7.41. The predicted octanol–water partition coefficient (Wildman–Crippen LogP) is 7.61. The first-order valence-electron chi connectivity index (χ1n) is 15.7. The zero-order valence-electron chi connectivity index (χ0n) is 26.8. The first kappa shape index (κ1) is 33.9. The van der Waals surface area contributed by atoms with Crippen LogP contribution in [0.3, 0.4) is 0 Å². The molecule has 0 radical (unpaired) electrons. The normalized spacial score (nSPS) is 12.0. The predicted molar refractivity (Wildman–Crippen MR) is 181 cm³/mol. The largest absolute Gasteiger partial charge is 0.493 e. The highest BCUT2D eigenvalue weighted by molar-refractivity contribution is 7.84. The van der Waals surface area contributed by atoms with E-state index in [1.165, 1.54) is 0 Å². The minimum absolute atomic E-state index is 0.0284. The zero-order chi connectivity index (χ0) is 32.0. The van der Waals surface area contributed by atoms with Gasteiger partial charge in [-0.15, -0.1) is 0 Å². The summed E-state index contributed by atoms with van der Waals surface area (Å²) in [4.78, 5) is 18.0. The number of ether oxygens (including phenoxy) is 3. The Bertz CT molecular complexity index is 1580. The SMILES string of the molecule is CCCCOCCOc1ccc(-c2ccc(OCC)c(/C=C/C(=O)Cc3ccc([S@@](=O)Cc4c(C)ncn4CC)cc3)c2)cc1. The Labute approximate surface area is 269 Å². The number of aryl methyl sites for hydroxylation is 2. The number of allylic oxidation sites excluding steroid dienone is 1. The molecule has 3 aromatic carbocycles. The molecule has 0 aliphatic carbocycles. The Morgan fingerprint density at radius 2 is 1.67 bits per heavy atom. The summed E-state index contributed by atoms with van der Waals surface area (Å²) in [7, 11) is -1.20. The van der Waals surface area contributed by atoms with Crippen LogP contribution in [0.15, 0.2) is 84.0 Å². The van der Waals surface area contributed by atoms with Gasteiger partial charge < -0.3 is 18.8 Å². The molecule has 1 heterocycles. The van der Waals surface area contributed by atoms with Gasteiger partial charge >= 0.3 is 0 Å². The third-order valence-corrected chi connectivity index (χ3v) is 8.75. The second-order valence-corrected chi connectivity index (χ2v) is 12.1. The van der Waals surface area contributed by atoms with Gasteiger partial charge in [-0.3, -0.25) is 9.00 Å². The number of nitrogens with zero attached hydrogens (tertiary/aromatic N) is 2. The monoisotopic (exact) mass is 628 g/mol. The third kappa shape index (κ3) is 9.99. The van der Waals surface area contributed by atoms with Crippen LogP contribution in [0.1, 0.15) is 56.1 Å². The van der Waals surface area contributed by atoms with Crippen LogP contribution in [-0.2, 0) is 39.0 Å². The molecule has 0 bridgehead atoms. The van der Waals surface area contributed by atoms with Crippen molar-refractivity contribution in [2.45, 2.75) is 64.2 Å². The van der Waals surface area contributed by atoms with Gasteiger partial charge in [0.25, 0.3) is 0 Å². The van der Waals surface area contributed by atoms with Crippen LogP contribution in [0, 0.1) is 6.92 Å². The van der Waals surface area contributed by atoms with E-state index in [2.05, 4.69) is 11.9 Å². The molecular weight excluding hydrogens is 584 g/mol. The van der Waals surface area contributed by atoms with E-state index in [-0.39, 0.29) is 12.2 Å². The van der Waals surface area contributed by atoms with Gasteiger partial charge in [-0.25, -0.2) is 4.98 Å². The van der Waals surface area contributed by atoms with Crippen molar-refractivity contribution in [1.82, 2.24) is 9.55 Å². The second kappa shape index (κ2) is 17.5. The van der Waals surface area contributed by atoms with E-state index >= 15 is 0 Å². The average Bonchev–Trinajstić information content (AvgIpc) is 3.41. The van der Waals surface area contributed by atoms with E-state index in [0.717, 1.165) is 76.0 Å². The maximum atomic E-state index is 13.0. The van der Waals surface area contributed by atoms with Crippen LogP contribution in [0.2, 0.25) is 0 Å². The summed E-state index contributed by atoms with van der Waals surface area (Å²) in [5.41, 5.74) is 5.65. The van der Waals surface area contributed by atoms with Gasteiger partial charge in [-0.2, -0.15) is 0 Å². The first-order chi connectivity index (χ1) is 21.9. The zero-order valence-corrected chi connectivity index (χ0v) is 27.6. The summed E-state index contributed by atoms with van der Waals surface area (Å²) >= 11 is 0. The highest BCUT2D eigenvalue weighted by Crippen LogP contribution is 2.29. The van der Waals surface area contributed by atoms with Crippen molar-refractivity contribution < 1.29 is 23.2 Å². The quantitative estimate of drug-likeness (QED) is 0.0834. The summed E-state index contributed by atoms with van der Waals surface area (Å²) in [6, 6.07) is 21.4. The van der Waals surface area contributed by atoms with Crippen LogP contribution in [0.25, 0.3) is 17.2 Å². The van der Waals surface area contributed by atoms with Crippen LogP contribution >= 0.6 is 0 Å². The summed E-state index contributed by atoms with van der Waals surface area (Å²) in [5, 5.41) is 0. The number of hydrogen-bond acceptors (Lipinski definition) is 6. The smallest absolute Gasteiger partial charge is 0.160 e. The van der Waals surface area contributed by atoms with Gasteiger partial charge in [-0.05, 0) is 92.4 Å². The van der Waals surface area contributed by atoms with Gasteiger partial charge in [0.1, 0.15) is 18.1 Å². The molecule has 1 aromatic heterocycles. The molecule has 0 aliphatic rings. The minimum atomic E-state index is -1.20. The number of carbonyl (C=O) groups is 1. The van der Waals surface area contributed by atoms with E-state index in [9.17, 15) is 9.00 Å². The topological polar surface area (TPSA) is 79.7 Å². The molecule has 0 N–H and O–H groups in total. The number of imidazole rings is 1. The molecule has 8 heteroatoms. The highest BCUT2D eigenvalue weighted by Gasteiger charge is 2.13. The molecule has 45 heavy (non-hydrogen) atoms. The molecular formula is C37H44N2O5S. The molecule has 0 aliphatic heterocycles. The number of benzene rings is 3. The average molecular weight is 629 g/mol. The Kier molecular flexibility index (Phi) is 13.2. The van der Waals surface area contributed by atoms with Gasteiger partial charge in [0.15, 0.2) is 5.78 Å². The van der Waals surface area contributed by atoms with Crippen molar-refractivity contribution in [2.75, 3.05) is 26.4 Å². The first-order valence-corrected chi connectivity index (χ1v) is 17.0. The Hall–Kier alpha value is -4.01. The standard InChI is InChI=1S/C37H44N2O5S/c1-5-8-21-42-22-23-44-34-16-12-30(13-17-34)31-14-20-37(43-7-3)32(25-31)11-15-33(40)24-29-9-18-35(19-10-29)45(41)26-36-28(4)38-27-39(36)6-2/h9-20,25,27H,5-8,21-24,26H2,1-4H3/b15-11+/t45-/m0/s1. The fourth-order valence-electron chi connectivity index (χ4n) is 4.83. The lowest BCUT2D eigenvalue weighted by Crippen LogP contribution is -2.07. The second-order valence-electron chi connectivity index (χ2n) is 10.7. The Balaban J connectivity index is 1.37. The Morgan fingerprint density at radius 3 is 2.38 bits per heavy atom. The van der Waals surface area contributed by atoms with E-state index in [1.54, 1.807) is 12.4 Å². The number of rotatable bonds is 18. The Morgan fingerprint density at radius 1 is 0.911 bits per heavy atom. The van der Waals surface area contributed by atoms with Crippen molar-refractivity contribution in [2.24, 2.45) is 0 Å². The van der Waals surface area contributed by atoms with Gasteiger partial charge in [0, 0.05) is 30.0 Å². The molecule has 0 saturated carbocycles. The lowest BCUT2D eigenvalue weighted by Gasteiger charge is -2.11. The number of ketones is 1. The summed E-state index contributed by atoms with van der Waals surface area (Å²) < 4.78 is 32.2.